The van der Waals surface area contributed by atoms with Gasteiger partial charge in [-0.05, 0) is 31.7 Å². The number of amides is 1. The molecular formula is C14H16ClN3O3S. The molecule has 1 aliphatic rings. The van der Waals surface area contributed by atoms with Crippen molar-refractivity contribution in [1.29, 1.82) is 5.26 Å². The van der Waals surface area contributed by atoms with E-state index < -0.39 is 9.84 Å². The monoisotopic (exact) mass is 341 g/mol. The van der Waals surface area contributed by atoms with Crippen molar-refractivity contribution >= 4 is 33.0 Å². The second kappa shape index (κ2) is 6.65. The number of benzene rings is 1. The molecule has 0 aliphatic carbocycles. The summed E-state index contributed by atoms with van der Waals surface area (Å²) in [6, 6.07) is 6.45. The number of nitrogens with one attached hydrogen (secondary N) is 1. The van der Waals surface area contributed by atoms with Crippen LogP contribution in [0, 0.1) is 11.3 Å². The third-order valence-corrected chi connectivity index (χ3v) is 5.59. The van der Waals surface area contributed by atoms with Crippen LogP contribution in [0.3, 0.4) is 0 Å². The first-order valence-electron chi connectivity index (χ1n) is 6.71. The number of hydrogen-bond donors (Lipinski definition) is 1. The van der Waals surface area contributed by atoms with E-state index in [0.717, 1.165) is 0 Å². The molecule has 0 radical (unpaired) electrons. The van der Waals surface area contributed by atoms with Gasteiger partial charge in [-0.3, -0.25) is 9.69 Å². The minimum absolute atomic E-state index is 0.0531. The van der Waals surface area contributed by atoms with Crippen LogP contribution in [-0.4, -0.2) is 50.4 Å². The molecule has 1 N–H and O–H groups in total. The van der Waals surface area contributed by atoms with Gasteiger partial charge in [0.2, 0.25) is 5.91 Å². The lowest BCUT2D eigenvalue weighted by Crippen LogP contribution is -2.38. The molecule has 1 aliphatic heterocycles. The number of halogens is 1. The fourth-order valence-electron chi connectivity index (χ4n) is 2.39. The average molecular weight is 342 g/mol. The lowest BCUT2D eigenvalue weighted by molar-refractivity contribution is -0.117. The van der Waals surface area contributed by atoms with Gasteiger partial charge in [0.25, 0.3) is 0 Å². The van der Waals surface area contributed by atoms with Crippen LogP contribution in [-0.2, 0) is 14.6 Å². The molecule has 1 atom stereocenters. The fraction of sp³-hybridized carbons (Fsp3) is 0.429. The van der Waals surface area contributed by atoms with E-state index in [1.54, 1.807) is 18.0 Å². The first-order chi connectivity index (χ1) is 10.3. The van der Waals surface area contributed by atoms with Crippen molar-refractivity contribution in [1.82, 2.24) is 4.90 Å². The molecule has 22 heavy (non-hydrogen) atoms. The molecule has 0 saturated carbocycles. The standard InChI is InChI=1S/C14H16ClN3O3S/c1-18(12-4-5-22(20,21)9-12)8-14(19)17-13-6-11(15)3-2-10(13)7-16/h2-3,6,12H,4-5,8-9H2,1H3,(H,17,19)/t12-/m1/s1. The van der Waals surface area contributed by atoms with Gasteiger partial charge in [0.1, 0.15) is 6.07 Å². The van der Waals surface area contributed by atoms with E-state index in [1.807, 2.05) is 6.07 Å². The van der Waals surface area contributed by atoms with E-state index >= 15 is 0 Å². The fourth-order valence-corrected chi connectivity index (χ4v) is 4.36. The lowest BCUT2D eigenvalue weighted by Gasteiger charge is -2.22. The molecule has 1 amide bonds. The minimum atomic E-state index is -2.99. The molecule has 1 aromatic carbocycles. The highest BCUT2D eigenvalue weighted by atomic mass is 35.5. The first kappa shape index (κ1) is 16.7. The molecule has 0 aromatic heterocycles. The molecular weight excluding hydrogens is 326 g/mol. The molecule has 0 unspecified atom stereocenters. The van der Waals surface area contributed by atoms with Crippen LogP contribution >= 0.6 is 11.6 Å². The molecule has 1 aromatic rings. The van der Waals surface area contributed by atoms with Crippen molar-refractivity contribution in [3.63, 3.8) is 0 Å². The molecule has 8 heteroatoms. The van der Waals surface area contributed by atoms with E-state index in [0.29, 0.717) is 22.7 Å². The SMILES string of the molecule is CN(CC(=O)Nc1cc(Cl)ccc1C#N)[C@@H]1CCS(=O)(=O)C1. The van der Waals surface area contributed by atoms with Crippen molar-refractivity contribution in [3.8, 4) is 6.07 Å². The second-order valence-corrected chi connectivity index (χ2v) is 7.99. The molecule has 0 bridgehead atoms. The van der Waals surface area contributed by atoms with E-state index in [9.17, 15) is 13.2 Å². The number of nitrogens with zero attached hydrogens (tertiary/aromatic N) is 2. The summed E-state index contributed by atoms with van der Waals surface area (Å²) in [6.07, 6.45) is 0.534. The Balaban J connectivity index is 1.99. The van der Waals surface area contributed by atoms with Crippen molar-refractivity contribution in [2.75, 3.05) is 30.4 Å². The predicted octanol–water partition coefficient (Wildman–Crippen LogP) is 1.27. The third-order valence-electron chi connectivity index (χ3n) is 3.60. The van der Waals surface area contributed by atoms with Crippen LogP contribution < -0.4 is 5.32 Å². The first-order valence-corrected chi connectivity index (χ1v) is 8.91. The number of rotatable bonds is 4. The van der Waals surface area contributed by atoms with E-state index in [1.165, 1.54) is 12.1 Å². The molecule has 1 heterocycles. The maximum absolute atomic E-state index is 12.1. The Morgan fingerprint density at radius 3 is 2.86 bits per heavy atom. The Morgan fingerprint density at radius 1 is 1.55 bits per heavy atom. The zero-order valence-corrected chi connectivity index (χ0v) is 13.6. The van der Waals surface area contributed by atoms with Gasteiger partial charge in [0.15, 0.2) is 9.84 Å². The van der Waals surface area contributed by atoms with Crippen LogP contribution in [0.1, 0.15) is 12.0 Å². The maximum Gasteiger partial charge on any atom is 0.238 e. The topological polar surface area (TPSA) is 90.3 Å². The minimum Gasteiger partial charge on any atom is -0.324 e. The summed E-state index contributed by atoms with van der Waals surface area (Å²) >= 11 is 5.86. The van der Waals surface area contributed by atoms with Gasteiger partial charge in [0, 0.05) is 11.1 Å². The highest BCUT2D eigenvalue weighted by Crippen LogP contribution is 2.21. The summed E-state index contributed by atoms with van der Waals surface area (Å²) in [4.78, 5) is 13.8. The van der Waals surface area contributed by atoms with E-state index in [-0.39, 0.29) is 30.0 Å². The van der Waals surface area contributed by atoms with Crippen LogP contribution in [0.2, 0.25) is 5.02 Å². The van der Waals surface area contributed by atoms with Gasteiger partial charge in [-0.1, -0.05) is 11.6 Å². The highest BCUT2D eigenvalue weighted by Gasteiger charge is 2.31. The van der Waals surface area contributed by atoms with Gasteiger partial charge in [-0.25, -0.2) is 8.42 Å². The highest BCUT2D eigenvalue weighted by molar-refractivity contribution is 7.91. The molecule has 1 fully saturated rings. The zero-order valence-electron chi connectivity index (χ0n) is 12.0. The third kappa shape index (κ3) is 4.19. The van der Waals surface area contributed by atoms with Gasteiger partial charge < -0.3 is 5.32 Å². The number of likely N-dealkylation sites (N-methyl/N-ethyl adjacent to an activating group) is 1. The van der Waals surface area contributed by atoms with Crippen molar-refractivity contribution in [2.24, 2.45) is 0 Å². The summed E-state index contributed by atoms with van der Waals surface area (Å²) in [6.45, 7) is 0.0531. The Morgan fingerprint density at radius 2 is 2.27 bits per heavy atom. The molecule has 6 nitrogen and oxygen atoms in total. The van der Waals surface area contributed by atoms with E-state index in [2.05, 4.69) is 5.32 Å². The van der Waals surface area contributed by atoms with Gasteiger partial charge >= 0.3 is 0 Å². The van der Waals surface area contributed by atoms with Crippen LogP contribution in [0.15, 0.2) is 18.2 Å². The Labute approximate surface area is 134 Å². The van der Waals surface area contributed by atoms with Crippen molar-refractivity contribution in [2.45, 2.75) is 12.5 Å². The number of carbonyl (C=O) groups is 1. The van der Waals surface area contributed by atoms with Crippen LogP contribution in [0.4, 0.5) is 5.69 Å². The molecule has 0 spiro atoms. The number of hydrogen-bond acceptors (Lipinski definition) is 5. The smallest absolute Gasteiger partial charge is 0.238 e. The molecule has 1 saturated heterocycles. The summed E-state index contributed by atoms with van der Waals surface area (Å²) in [7, 11) is -1.27. The van der Waals surface area contributed by atoms with E-state index in [4.69, 9.17) is 16.9 Å². The largest absolute Gasteiger partial charge is 0.324 e. The second-order valence-electron chi connectivity index (χ2n) is 5.32. The van der Waals surface area contributed by atoms with Crippen LogP contribution in [0.25, 0.3) is 0 Å². The van der Waals surface area contributed by atoms with Gasteiger partial charge in [0.05, 0.1) is 29.3 Å². The van der Waals surface area contributed by atoms with Gasteiger partial charge in [-0.15, -0.1) is 0 Å². The predicted molar refractivity (Wildman–Crippen MR) is 84.5 cm³/mol. The summed E-state index contributed by atoms with van der Waals surface area (Å²) < 4.78 is 22.9. The average Bonchev–Trinajstić information content (AvgIpc) is 2.79. The Hall–Kier alpha value is -1.62. The van der Waals surface area contributed by atoms with Crippen molar-refractivity contribution < 1.29 is 13.2 Å². The number of nitriles is 1. The molecule has 118 valence electrons. The zero-order chi connectivity index (χ0) is 16.3. The number of carbonyl (C=O) groups excluding carboxylic acids is 1. The van der Waals surface area contributed by atoms with Crippen molar-refractivity contribution in [3.05, 3.63) is 28.8 Å². The lowest BCUT2D eigenvalue weighted by atomic mass is 10.2. The maximum atomic E-state index is 12.1. The Bertz CT molecular complexity index is 727. The van der Waals surface area contributed by atoms with Gasteiger partial charge in [-0.2, -0.15) is 5.26 Å². The number of sulfone groups is 1. The quantitative estimate of drug-likeness (QED) is 0.890. The summed E-state index contributed by atoms with van der Waals surface area (Å²) in [5, 5.41) is 12.1. The summed E-state index contributed by atoms with van der Waals surface area (Å²) in [5.74, 6) is -0.0704. The Kier molecular flexibility index (Phi) is 5.06. The van der Waals surface area contributed by atoms with Crippen LogP contribution in [0.5, 0.6) is 0 Å². The normalized spacial score (nSPS) is 19.8. The number of anilines is 1. The molecule has 2 rings (SSSR count). The summed E-state index contributed by atoms with van der Waals surface area (Å²) in [5.41, 5.74) is 0.677.